The topological polar surface area (TPSA) is 66.0 Å². The average Bonchev–Trinajstić information content (AvgIpc) is 3.14. The van der Waals surface area contributed by atoms with Gasteiger partial charge in [-0.15, -0.1) is 10.2 Å². The molecule has 0 radical (unpaired) electrons. The van der Waals surface area contributed by atoms with E-state index in [4.69, 9.17) is 9.68 Å². The van der Waals surface area contributed by atoms with Gasteiger partial charge in [-0.05, 0) is 37.3 Å². The summed E-state index contributed by atoms with van der Waals surface area (Å²) in [6, 6.07) is 10.7. The highest BCUT2D eigenvalue weighted by atomic mass is 19.4. The number of alkyl halides is 6. The van der Waals surface area contributed by atoms with Gasteiger partial charge in [0.1, 0.15) is 6.54 Å². The monoisotopic (exact) mass is 440 g/mol. The molecule has 3 aromatic rings. The third kappa shape index (κ3) is 5.53. The Hall–Kier alpha value is -3.55. The van der Waals surface area contributed by atoms with Crippen LogP contribution in [0, 0.1) is 18.3 Å². The van der Waals surface area contributed by atoms with Crippen LogP contribution in [0.5, 0.6) is 0 Å². The van der Waals surface area contributed by atoms with E-state index in [1.807, 2.05) is 6.92 Å². The molecule has 1 heterocycles. The predicted molar refractivity (Wildman–Crippen MR) is 97.7 cm³/mol. The van der Waals surface area contributed by atoms with E-state index in [1.54, 1.807) is 24.3 Å². The van der Waals surface area contributed by atoms with Gasteiger partial charge >= 0.3 is 12.4 Å². The molecule has 0 amide bonds. The number of anilines is 1. The molecule has 0 spiro atoms. The van der Waals surface area contributed by atoms with Gasteiger partial charge in [0, 0.05) is 11.3 Å². The second-order valence-electron chi connectivity index (χ2n) is 6.68. The maximum absolute atomic E-state index is 13.2. The lowest BCUT2D eigenvalue weighted by molar-refractivity contribution is -0.137. The van der Waals surface area contributed by atoms with Gasteiger partial charge in [-0.2, -0.15) is 31.6 Å². The van der Waals surface area contributed by atoms with Crippen LogP contribution in [0.1, 0.15) is 22.6 Å². The molecule has 0 N–H and O–H groups in total. The third-order valence-electron chi connectivity index (χ3n) is 4.26. The molecule has 5 nitrogen and oxygen atoms in total. The van der Waals surface area contributed by atoms with Crippen LogP contribution in [0.15, 0.2) is 46.9 Å². The SMILES string of the molecule is Cc1ccc(-c2nnc(CN(CC(F)(F)F)c3ccc(C#N)c(C(F)(F)F)c3)o2)cc1. The standard InChI is InChI=1S/C20H14F6N4O/c1-12-2-4-13(5-3-12)18-29-28-17(31-18)10-30(11-19(21,22)23)15-7-6-14(9-27)16(8-15)20(24,25)26/h2-8H,10-11H2,1H3. The summed E-state index contributed by atoms with van der Waals surface area (Å²) in [6.07, 6.45) is -9.62. The Kier molecular flexibility index (Phi) is 5.92. The van der Waals surface area contributed by atoms with Gasteiger partial charge in [0.25, 0.3) is 0 Å². The fourth-order valence-corrected chi connectivity index (χ4v) is 2.81. The highest BCUT2D eigenvalue weighted by molar-refractivity contribution is 5.55. The lowest BCUT2D eigenvalue weighted by Gasteiger charge is -2.25. The fourth-order valence-electron chi connectivity index (χ4n) is 2.81. The van der Waals surface area contributed by atoms with Crippen molar-refractivity contribution in [3.05, 3.63) is 65.0 Å². The second kappa shape index (κ2) is 8.29. The molecule has 0 saturated heterocycles. The van der Waals surface area contributed by atoms with Crippen molar-refractivity contribution in [3.8, 4) is 17.5 Å². The molecule has 0 aliphatic rings. The van der Waals surface area contributed by atoms with Crippen molar-refractivity contribution >= 4 is 5.69 Å². The summed E-state index contributed by atoms with van der Waals surface area (Å²) in [7, 11) is 0. The molecule has 3 rings (SSSR count). The van der Waals surface area contributed by atoms with Crippen LogP contribution in [-0.2, 0) is 12.7 Å². The smallest absolute Gasteiger partial charge is 0.417 e. The summed E-state index contributed by atoms with van der Waals surface area (Å²) in [5.74, 6) is -0.143. The number of aryl methyl sites for hydroxylation is 1. The largest absolute Gasteiger partial charge is 0.419 e. The lowest BCUT2D eigenvalue weighted by atomic mass is 10.1. The maximum atomic E-state index is 13.2. The second-order valence-corrected chi connectivity index (χ2v) is 6.68. The Morgan fingerprint density at radius 2 is 1.68 bits per heavy atom. The van der Waals surface area contributed by atoms with Crippen molar-refractivity contribution in [2.24, 2.45) is 0 Å². The number of aromatic nitrogens is 2. The molecule has 0 saturated carbocycles. The molecule has 162 valence electrons. The zero-order valence-corrected chi connectivity index (χ0v) is 15.9. The average molecular weight is 440 g/mol. The third-order valence-corrected chi connectivity index (χ3v) is 4.26. The zero-order chi connectivity index (χ0) is 22.8. The van der Waals surface area contributed by atoms with Crippen molar-refractivity contribution in [1.82, 2.24) is 10.2 Å². The Morgan fingerprint density at radius 3 is 2.26 bits per heavy atom. The Labute approximate surface area is 172 Å². The minimum Gasteiger partial charge on any atom is -0.419 e. The summed E-state index contributed by atoms with van der Waals surface area (Å²) in [4.78, 5) is 0.628. The van der Waals surface area contributed by atoms with Crippen LogP contribution in [0.4, 0.5) is 32.0 Å². The van der Waals surface area contributed by atoms with Crippen molar-refractivity contribution in [2.75, 3.05) is 11.4 Å². The number of halogens is 6. The van der Waals surface area contributed by atoms with Gasteiger partial charge in [0.05, 0.1) is 23.7 Å². The van der Waals surface area contributed by atoms with E-state index in [0.717, 1.165) is 17.7 Å². The predicted octanol–water partition coefficient (Wildman–Crippen LogP) is 5.50. The van der Waals surface area contributed by atoms with Crippen LogP contribution in [0.25, 0.3) is 11.5 Å². The van der Waals surface area contributed by atoms with E-state index >= 15 is 0 Å². The van der Waals surface area contributed by atoms with Crippen LogP contribution in [0.2, 0.25) is 0 Å². The first kappa shape index (κ1) is 22.1. The van der Waals surface area contributed by atoms with Gasteiger partial charge < -0.3 is 9.32 Å². The van der Waals surface area contributed by atoms with Crippen molar-refractivity contribution in [3.63, 3.8) is 0 Å². The Balaban J connectivity index is 1.94. The minimum atomic E-state index is -4.91. The number of benzene rings is 2. The van der Waals surface area contributed by atoms with Gasteiger partial charge in [-0.3, -0.25) is 0 Å². The van der Waals surface area contributed by atoms with E-state index in [-0.39, 0.29) is 11.8 Å². The van der Waals surface area contributed by atoms with Gasteiger partial charge in [-0.1, -0.05) is 17.7 Å². The zero-order valence-electron chi connectivity index (χ0n) is 15.9. The molecular weight excluding hydrogens is 426 g/mol. The summed E-state index contributed by atoms with van der Waals surface area (Å²) in [5, 5.41) is 16.4. The fraction of sp³-hybridized carbons (Fsp3) is 0.250. The minimum absolute atomic E-state index is 0.0674. The van der Waals surface area contributed by atoms with E-state index in [1.165, 1.54) is 6.07 Å². The molecule has 31 heavy (non-hydrogen) atoms. The molecule has 11 heteroatoms. The molecule has 1 aromatic heterocycles. The van der Waals surface area contributed by atoms with Crippen LogP contribution in [0.3, 0.4) is 0 Å². The molecule has 0 aliphatic carbocycles. The van der Waals surface area contributed by atoms with Crippen LogP contribution >= 0.6 is 0 Å². The number of nitriles is 1. The van der Waals surface area contributed by atoms with Crippen molar-refractivity contribution < 1.29 is 30.8 Å². The number of hydrogen-bond donors (Lipinski definition) is 0. The molecular formula is C20H14F6N4O. The van der Waals surface area contributed by atoms with Gasteiger partial charge in [-0.25, -0.2) is 0 Å². The highest BCUT2D eigenvalue weighted by Crippen LogP contribution is 2.35. The van der Waals surface area contributed by atoms with Crippen molar-refractivity contribution in [2.45, 2.75) is 25.8 Å². The normalized spacial score (nSPS) is 11.9. The van der Waals surface area contributed by atoms with E-state index in [9.17, 15) is 26.3 Å². The Bertz CT molecular complexity index is 1100. The molecule has 0 fully saturated rings. The first-order valence-corrected chi connectivity index (χ1v) is 8.79. The Morgan fingerprint density at radius 1 is 1.00 bits per heavy atom. The van der Waals surface area contributed by atoms with Gasteiger partial charge in [0.2, 0.25) is 11.8 Å². The molecule has 0 bridgehead atoms. The molecule has 0 unspecified atom stereocenters. The lowest BCUT2D eigenvalue weighted by Crippen LogP contribution is -2.34. The van der Waals surface area contributed by atoms with E-state index in [0.29, 0.717) is 16.5 Å². The number of hydrogen-bond acceptors (Lipinski definition) is 5. The quantitative estimate of drug-likeness (QED) is 0.490. The number of rotatable bonds is 5. The first-order chi connectivity index (χ1) is 14.5. The summed E-state index contributed by atoms with van der Waals surface area (Å²) < 4.78 is 84.4. The van der Waals surface area contributed by atoms with Crippen LogP contribution in [-0.4, -0.2) is 22.9 Å². The summed E-state index contributed by atoms with van der Waals surface area (Å²) in [5.41, 5.74) is -0.891. The molecule has 2 aromatic carbocycles. The molecule has 0 aliphatic heterocycles. The van der Waals surface area contributed by atoms with E-state index < -0.39 is 42.3 Å². The van der Waals surface area contributed by atoms with Crippen LogP contribution < -0.4 is 4.90 Å². The van der Waals surface area contributed by atoms with E-state index in [2.05, 4.69) is 10.2 Å². The molecule has 0 atom stereocenters. The summed E-state index contributed by atoms with van der Waals surface area (Å²) >= 11 is 0. The van der Waals surface area contributed by atoms with Crippen molar-refractivity contribution in [1.29, 1.82) is 5.26 Å². The number of nitrogens with zero attached hydrogens (tertiary/aromatic N) is 4. The summed E-state index contributed by atoms with van der Waals surface area (Å²) in [6.45, 7) is -0.273. The highest BCUT2D eigenvalue weighted by Gasteiger charge is 2.36. The maximum Gasteiger partial charge on any atom is 0.417 e. The first-order valence-electron chi connectivity index (χ1n) is 8.79. The van der Waals surface area contributed by atoms with Gasteiger partial charge in [0.15, 0.2) is 0 Å².